The van der Waals surface area contributed by atoms with Crippen molar-refractivity contribution < 1.29 is 95.1 Å². The molecule has 0 heterocycles. The Bertz CT molecular complexity index is 2230. The molecule has 76 heavy (non-hydrogen) atoms. The zero-order valence-electron chi connectivity index (χ0n) is 39.5. The Kier molecular flexibility index (Phi) is 30.9. The third kappa shape index (κ3) is 35.0. The zero-order valence-corrected chi connectivity index (χ0v) is 52.6. The third-order valence-corrected chi connectivity index (χ3v) is 23.6. The van der Waals surface area contributed by atoms with Gasteiger partial charge in [-0.2, -0.15) is 0 Å². The minimum Gasteiger partial charge on any atom is -0.0620 e. The van der Waals surface area contributed by atoms with E-state index in [9.17, 15) is 50.4 Å². The molecular weight excluding hydrogens is 1570 g/mol. The SMILES string of the molecule is ClCCl.ClCCl.F[P-](F)(F)(F)(F)F.F[P-](F)(F)(F)(F)F.[Au+].[Au+].c1ccc([PH+](C[PH+](c2ccccc2)c2ccccc2)c2ccccc2)cc1.c1ccc([PH+](C[PH+](c2ccccc2)c2ccccc2)c2ccccc2)cc1. The van der Waals surface area contributed by atoms with Gasteiger partial charge in [-0.1, -0.05) is 146 Å². The van der Waals surface area contributed by atoms with Gasteiger partial charge in [-0.05, 0) is 97.1 Å². The van der Waals surface area contributed by atoms with Gasteiger partial charge in [0.2, 0.25) is 0 Å². The van der Waals surface area contributed by atoms with Crippen LogP contribution in [0.3, 0.4) is 0 Å². The van der Waals surface area contributed by atoms with Crippen LogP contribution in [0.25, 0.3) is 0 Å². The first-order valence-corrected chi connectivity index (χ1v) is 34.8. The molecular formula is C52H52Au2Cl4F12P6+4. The minimum atomic E-state index is -10.7. The van der Waals surface area contributed by atoms with Gasteiger partial charge in [-0.25, -0.2) is 0 Å². The van der Waals surface area contributed by atoms with Crippen LogP contribution in [0.5, 0.6) is 0 Å². The van der Waals surface area contributed by atoms with Crippen molar-refractivity contribution in [1.29, 1.82) is 0 Å². The van der Waals surface area contributed by atoms with Crippen LogP contribution >= 0.6 is 93.7 Å². The van der Waals surface area contributed by atoms with Gasteiger partial charge >= 0.3 is 111 Å². The molecule has 0 spiro atoms. The average Bonchev–Trinajstić information content (AvgIpc) is 3.36. The second-order valence-electron chi connectivity index (χ2n) is 15.3. The first-order valence-electron chi connectivity index (χ1n) is 21.8. The second-order valence-corrected chi connectivity index (χ2v) is 32.0. The second kappa shape index (κ2) is 32.5. The van der Waals surface area contributed by atoms with Gasteiger partial charge < -0.3 is 0 Å². The molecule has 0 N–H and O–H groups in total. The van der Waals surface area contributed by atoms with Crippen molar-refractivity contribution in [3.8, 4) is 0 Å². The molecule has 8 aromatic rings. The first kappa shape index (κ1) is 72.2. The van der Waals surface area contributed by atoms with E-state index in [4.69, 9.17) is 46.4 Å². The molecule has 0 aliphatic rings. The average molecular weight is 1630 g/mol. The van der Waals surface area contributed by atoms with Gasteiger partial charge in [0.1, 0.15) is 74.1 Å². The van der Waals surface area contributed by atoms with Crippen LogP contribution < -0.4 is 42.4 Å². The summed E-state index contributed by atoms with van der Waals surface area (Å²) in [6, 6.07) is 88.9. The Morgan fingerprint density at radius 2 is 0.303 bits per heavy atom. The topological polar surface area (TPSA) is 0 Å². The molecule has 0 bridgehead atoms. The van der Waals surface area contributed by atoms with Gasteiger partial charge in [0.15, 0.2) is 11.8 Å². The normalized spacial score (nSPS) is 12.6. The Hall–Kier alpha value is -1.86. The van der Waals surface area contributed by atoms with Gasteiger partial charge in [-0.3, -0.25) is 0 Å². The van der Waals surface area contributed by atoms with Crippen molar-refractivity contribution in [2.75, 3.05) is 22.5 Å². The molecule has 420 valence electrons. The fourth-order valence-electron chi connectivity index (χ4n) is 6.95. The number of benzene rings is 8. The fourth-order valence-corrected chi connectivity index (χ4v) is 22.4. The maximum atomic E-state index is 9.87. The Labute approximate surface area is 492 Å². The maximum absolute atomic E-state index is 10.7. The third-order valence-electron chi connectivity index (χ3n) is 9.69. The van der Waals surface area contributed by atoms with Gasteiger partial charge in [-0.15, -0.1) is 46.4 Å². The molecule has 0 nitrogen and oxygen atoms in total. The quantitative estimate of drug-likeness (QED) is 0.0495. The minimum absolute atomic E-state index is 0. The van der Waals surface area contributed by atoms with Crippen molar-refractivity contribution in [2.45, 2.75) is 0 Å². The predicted octanol–water partition coefficient (Wildman–Crippen LogP) is 19.0. The summed E-state index contributed by atoms with van der Waals surface area (Å²) in [7, 11) is -24.7. The van der Waals surface area contributed by atoms with Crippen LogP contribution in [0.1, 0.15) is 0 Å². The summed E-state index contributed by atoms with van der Waals surface area (Å²) in [6.07, 6.45) is 0. The zero-order chi connectivity index (χ0) is 54.9. The van der Waals surface area contributed by atoms with E-state index in [1.165, 1.54) is 54.2 Å². The largest absolute Gasteiger partial charge is 1.00 e. The summed E-state index contributed by atoms with van der Waals surface area (Å²) >= 11 is 19.1. The Morgan fingerprint density at radius 1 is 0.224 bits per heavy atom. The van der Waals surface area contributed by atoms with Crippen LogP contribution in [0.4, 0.5) is 50.4 Å². The smallest absolute Gasteiger partial charge is 0.0620 e. The number of rotatable bonds is 12. The summed E-state index contributed by atoms with van der Waals surface area (Å²) in [5, 5.41) is 12.4. The van der Waals surface area contributed by atoms with Crippen LogP contribution in [0.2, 0.25) is 0 Å². The summed E-state index contributed by atoms with van der Waals surface area (Å²) in [6.45, 7) is 0. The van der Waals surface area contributed by atoms with Gasteiger partial charge in [0.05, 0.1) is 10.7 Å². The van der Waals surface area contributed by atoms with Crippen LogP contribution in [-0.4, -0.2) is 22.5 Å². The van der Waals surface area contributed by atoms with E-state index in [0.717, 1.165) is 0 Å². The first-order chi connectivity index (χ1) is 34.6. The van der Waals surface area contributed by atoms with E-state index in [1.807, 2.05) is 0 Å². The van der Waals surface area contributed by atoms with E-state index in [2.05, 4.69) is 243 Å². The Balaban J connectivity index is 0.000000552. The molecule has 0 saturated carbocycles. The summed E-state index contributed by atoms with van der Waals surface area (Å²) in [4.78, 5) is 0. The number of alkyl halides is 4. The van der Waals surface area contributed by atoms with Crippen LogP contribution in [-0.2, 0) is 44.8 Å². The summed E-state index contributed by atoms with van der Waals surface area (Å²) in [5.41, 5.74) is 0. The molecule has 0 aliphatic carbocycles. The molecule has 0 aromatic heterocycles. The van der Waals surface area contributed by atoms with Crippen molar-refractivity contribution in [1.82, 2.24) is 0 Å². The molecule has 8 rings (SSSR count). The summed E-state index contributed by atoms with van der Waals surface area (Å²) in [5.74, 6) is 2.49. The van der Waals surface area contributed by atoms with Gasteiger partial charge in [0.25, 0.3) is 0 Å². The van der Waals surface area contributed by atoms with Crippen LogP contribution in [0, 0.1) is 0 Å². The fraction of sp³-hybridized carbons (Fsp3) is 0.0769. The van der Waals surface area contributed by atoms with Gasteiger partial charge in [0, 0.05) is 0 Å². The number of hydrogen-bond donors (Lipinski definition) is 0. The molecule has 0 unspecified atom stereocenters. The van der Waals surface area contributed by atoms with Crippen molar-refractivity contribution in [2.24, 2.45) is 0 Å². The molecule has 0 atom stereocenters. The van der Waals surface area contributed by atoms with Crippen molar-refractivity contribution >= 4 is 136 Å². The van der Waals surface area contributed by atoms with Crippen molar-refractivity contribution in [3.05, 3.63) is 243 Å². The molecule has 0 fully saturated rings. The summed E-state index contributed by atoms with van der Waals surface area (Å²) < 4.78 is 118. The van der Waals surface area contributed by atoms with E-state index in [1.54, 1.807) is 0 Å². The standard InChI is InChI=1S/2C25H22P2.2CH2Cl2.2Au.2F6P/c2*1-5-13-22(14-6-1)26(23-15-7-2-8-16-23)21-27(24-17-9-3-10-18-24)25-19-11-4-12-20-25;2*2-1-3;;;2*1-7(2,3,4,5)6/h2*1-20H,21H2;2*1H2;;;;/q;;;;2*+1;2*-1/p+4. The maximum Gasteiger partial charge on any atom is 1.00 e. The molecule has 0 amide bonds. The monoisotopic (exact) mass is 1620 g/mol. The molecule has 24 heteroatoms. The van der Waals surface area contributed by atoms with E-state index in [-0.39, 0.29) is 55.4 Å². The molecule has 8 aromatic carbocycles. The molecule has 0 aliphatic heterocycles. The van der Waals surface area contributed by atoms with E-state index in [0.29, 0.717) is 0 Å². The van der Waals surface area contributed by atoms with Crippen LogP contribution in [0.15, 0.2) is 243 Å². The van der Waals surface area contributed by atoms with E-state index < -0.39 is 47.3 Å². The predicted molar refractivity (Wildman–Crippen MR) is 312 cm³/mol. The number of halogens is 16. The van der Waals surface area contributed by atoms with Crippen molar-refractivity contribution in [3.63, 3.8) is 0 Å². The molecule has 0 radical (unpaired) electrons. The van der Waals surface area contributed by atoms with E-state index >= 15 is 0 Å². The number of hydrogen-bond acceptors (Lipinski definition) is 0. The Morgan fingerprint density at radius 3 is 0.382 bits per heavy atom. The molecule has 0 saturated heterocycles.